The number of oxazole rings is 1. The number of nitrogens with one attached hydrogen (secondary N) is 1. The highest BCUT2D eigenvalue weighted by Crippen LogP contribution is 2.33. The van der Waals surface area contributed by atoms with Crippen molar-refractivity contribution in [3.8, 4) is 0 Å². The number of amides is 1. The van der Waals surface area contributed by atoms with Crippen LogP contribution in [0.2, 0.25) is 0 Å². The Balaban J connectivity index is 1.39. The standard InChI is InChI=1S/C23H21FN4O2/c24-16-10-8-15(9-11-16)13-17-14-25-22(30-17)20-7-3-4-12-28(20)23(29)21-18-5-1-2-6-19(18)26-27-21/h1-2,5-6,8-11,14,20H,3-4,7,12-13H2,(H,26,27)/t20-/m0/s1. The molecule has 1 saturated heterocycles. The highest BCUT2D eigenvalue weighted by atomic mass is 19.1. The number of piperidine rings is 1. The predicted molar refractivity (Wildman–Crippen MR) is 109 cm³/mol. The first-order valence-corrected chi connectivity index (χ1v) is 10.1. The minimum absolute atomic E-state index is 0.115. The Morgan fingerprint density at radius 1 is 1.17 bits per heavy atom. The minimum atomic E-state index is -0.265. The Labute approximate surface area is 172 Å². The number of halogens is 1. The lowest BCUT2D eigenvalue weighted by atomic mass is 10.0. The van der Waals surface area contributed by atoms with E-state index in [2.05, 4.69) is 15.2 Å². The monoisotopic (exact) mass is 404 g/mol. The first-order valence-electron chi connectivity index (χ1n) is 10.1. The largest absolute Gasteiger partial charge is 0.443 e. The van der Waals surface area contributed by atoms with E-state index >= 15 is 0 Å². The van der Waals surface area contributed by atoms with Gasteiger partial charge in [-0.2, -0.15) is 5.10 Å². The number of hydrogen-bond donors (Lipinski definition) is 1. The maximum Gasteiger partial charge on any atom is 0.275 e. The molecule has 3 heterocycles. The summed E-state index contributed by atoms with van der Waals surface area (Å²) in [6.45, 7) is 0.639. The van der Waals surface area contributed by atoms with Gasteiger partial charge in [-0.3, -0.25) is 9.89 Å². The van der Waals surface area contributed by atoms with Crippen LogP contribution in [0, 0.1) is 5.82 Å². The zero-order chi connectivity index (χ0) is 20.5. The van der Waals surface area contributed by atoms with Gasteiger partial charge in [0, 0.05) is 18.4 Å². The Bertz CT molecular complexity index is 1180. The Morgan fingerprint density at radius 2 is 2.00 bits per heavy atom. The Morgan fingerprint density at radius 3 is 2.87 bits per heavy atom. The van der Waals surface area contributed by atoms with E-state index in [1.165, 1.54) is 12.1 Å². The number of H-pyrrole nitrogens is 1. The number of likely N-dealkylation sites (tertiary alicyclic amines) is 1. The number of fused-ring (bicyclic) bond motifs is 1. The summed E-state index contributed by atoms with van der Waals surface area (Å²) in [6, 6.07) is 13.7. The van der Waals surface area contributed by atoms with Gasteiger partial charge in [0.2, 0.25) is 5.89 Å². The van der Waals surface area contributed by atoms with E-state index in [1.807, 2.05) is 29.2 Å². The first kappa shape index (κ1) is 18.5. The van der Waals surface area contributed by atoms with Crippen LogP contribution in [0.5, 0.6) is 0 Å². The number of benzene rings is 2. The van der Waals surface area contributed by atoms with Gasteiger partial charge in [-0.05, 0) is 43.0 Å². The smallest absolute Gasteiger partial charge is 0.275 e. The van der Waals surface area contributed by atoms with Crippen LogP contribution in [0.1, 0.15) is 53.0 Å². The summed E-state index contributed by atoms with van der Waals surface area (Å²) in [7, 11) is 0. The lowest BCUT2D eigenvalue weighted by Crippen LogP contribution is -2.39. The van der Waals surface area contributed by atoms with Crippen LogP contribution in [0.4, 0.5) is 4.39 Å². The lowest BCUT2D eigenvalue weighted by Gasteiger charge is -2.33. The van der Waals surface area contributed by atoms with Crippen molar-refractivity contribution in [2.45, 2.75) is 31.7 Å². The molecule has 1 atom stereocenters. The highest BCUT2D eigenvalue weighted by molar-refractivity contribution is 6.04. The van der Waals surface area contributed by atoms with Crippen LogP contribution in [0.25, 0.3) is 10.9 Å². The van der Waals surface area contributed by atoms with Crippen molar-refractivity contribution in [3.63, 3.8) is 0 Å². The fourth-order valence-corrected chi connectivity index (χ4v) is 4.06. The number of aromatic amines is 1. The molecule has 0 bridgehead atoms. The molecule has 6 nitrogen and oxygen atoms in total. The molecule has 7 heteroatoms. The van der Waals surface area contributed by atoms with Gasteiger partial charge >= 0.3 is 0 Å². The summed E-state index contributed by atoms with van der Waals surface area (Å²) in [5, 5.41) is 8.02. The fraction of sp³-hybridized carbons (Fsp3) is 0.261. The second-order valence-electron chi connectivity index (χ2n) is 7.60. The molecule has 2 aromatic carbocycles. The van der Waals surface area contributed by atoms with Gasteiger partial charge in [-0.25, -0.2) is 9.37 Å². The van der Waals surface area contributed by atoms with Crippen molar-refractivity contribution >= 4 is 16.8 Å². The molecule has 5 rings (SSSR count). The van der Waals surface area contributed by atoms with E-state index in [-0.39, 0.29) is 17.8 Å². The van der Waals surface area contributed by atoms with Crippen LogP contribution in [-0.4, -0.2) is 32.5 Å². The topological polar surface area (TPSA) is 75.0 Å². The van der Waals surface area contributed by atoms with Crippen LogP contribution in [-0.2, 0) is 6.42 Å². The molecule has 0 saturated carbocycles. The molecule has 1 N–H and O–H groups in total. The molecule has 1 aliphatic rings. The molecular weight excluding hydrogens is 383 g/mol. The zero-order valence-corrected chi connectivity index (χ0v) is 16.3. The average molecular weight is 404 g/mol. The summed E-state index contributed by atoms with van der Waals surface area (Å²) in [5.41, 5.74) is 2.21. The molecule has 1 amide bonds. The summed E-state index contributed by atoms with van der Waals surface area (Å²) >= 11 is 0. The van der Waals surface area contributed by atoms with E-state index in [9.17, 15) is 9.18 Å². The quantitative estimate of drug-likeness (QED) is 0.537. The Hall–Kier alpha value is -3.48. The van der Waals surface area contributed by atoms with E-state index in [4.69, 9.17) is 4.42 Å². The maximum atomic E-state index is 13.3. The van der Waals surface area contributed by atoms with Crippen LogP contribution < -0.4 is 0 Å². The molecular formula is C23H21FN4O2. The second kappa shape index (κ2) is 7.74. The van der Waals surface area contributed by atoms with Gasteiger partial charge in [-0.15, -0.1) is 0 Å². The number of hydrogen-bond acceptors (Lipinski definition) is 4. The minimum Gasteiger partial charge on any atom is -0.443 e. The molecule has 1 aliphatic heterocycles. The van der Waals surface area contributed by atoms with E-state index in [0.717, 1.165) is 35.7 Å². The number of carbonyl (C=O) groups is 1. The van der Waals surface area contributed by atoms with E-state index in [0.29, 0.717) is 30.3 Å². The highest BCUT2D eigenvalue weighted by Gasteiger charge is 2.33. The number of rotatable bonds is 4. The number of aromatic nitrogens is 3. The molecule has 0 spiro atoms. The Kier molecular flexibility index (Phi) is 4.78. The summed E-state index contributed by atoms with van der Waals surface area (Å²) in [5.74, 6) is 0.856. The van der Waals surface area contributed by atoms with E-state index in [1.54, 1.807) is 18.3 Å². The van der Waals surface area contributed by atoms with Gasteiger partial charge in [0.1, 0.15) is 17.6 Å². The van der Waals surface area contributed by atoms with Crippen LogP contribution in [0.3, 0.4) is 0 Å². The van der Waals surface area contributed by atoms with Crippen molar-refractivity contribution in [1.82, 2.24) is 20.1 Å². The molecule has 0 aliphatic carbocycles. The van der Waals surface area contributed by atoms with Crippen molar-refractivity contribution in [2.75, 3.05) is 6.54 Å². The summed E-state index contributed by atoms with van der Waals surface area (Å²) < 4.78 is 19.1. The van der Waals surface area contributed by atoms with Crippen LogP contribution >= 0.6 is 0 Å². The molecule has 1 fully saturated rings. The van der Waals surface area contributed by atoms with Gasteiger partial charge in [-0.1, -0.05) is 30.3 Å². The SMILES string of the molecule is O=C(c1n[nH]c2ccccc12)N1CCCC[C@H]1c1ncc(Cc2ccc(F)cc2)o1. The fourth-order valence-electron chi connectivity index (χ4n) is 4.06. The second-order valence-corrected chi connectivity index (χ2v) is 7.60. The molecule has 30 heavy (non-hydrogen) atoms. The van der Waals surface area contributed by atoms with Crippen molar-refractivity contribution in [3.05, 3.63) is 83.5 Å². The van der Waals surface area contributed by atoms with Gasteiger partial charge in [0.25, 0.3) is 5.91 Å². The first-order chi connectivity index (χ1) is 14.7. The van der Waals surface area contributed by atoms with Gasteiger partial charge < -0.3 is 9.32 Å². The third-order valence-electron chi connectivity index (χ3n) is 5.58. The number of para-hydroxylation sites is 1. The maximum absolute atomic E-state index is 13.3. The molecule has 2 aromatic heterocycles. The summed E-state index contributed by atoms with van der Waals surface area (Å²) in [4.78, 5) is 19.6. The third-order valence-corrected chi connectivity index (χ3v) is 5.58. The normalized spacial score (nSPS) is 16.8. The van der Waals surface area contributed by atoms with Crippen LogP contribution in [0.15, 0.2) is 59.1 Å². The number of nitrogens with zero attached hydrogens (tertiary/aromatic N) is 3. The van der Waals surface area contributed by atoms with E-state index < -0.39 is 0 Å². The molecule has 0 unspecified atom stereocenters. The van der Waals surface area contributed by atoms with Gasteiger partial charge in [0.15, 0.2) is 5.69 Å². The molecule has 152 valence electrons. The predicted octanol–water partition coefficient (Wildman–Crippen LogP) is 4.65. The van der Waals surface area contributed by atoms with Crippen molar-refractivity contribution < 1.29 is 13.6 Å². The average Bonchev–Trinajstić information content (AvgIpc) is 3.42. The van der Waals surface area contributed by atoms with Gasteiger partial charge in [0.05, 0.1) is 11.7 Å². The lowest BCUT2D eigenvalue weighted by molar-refractivity contribution is 0.0566. The summed E-state index contributed by atoms with van der Waals surface area (Å²) in [6.07, 6.45) is 4.96. The van der Waals surface area contributed by atoms with Crippen molar-refractivity contribution in [1.29, 1.82) is 0 Å². The molecule has 4 aromatic rings. The number of carbonyl (C=O) groups excluding carboxylic acids is 1. The third kappa shape index (κ3) is 3.47. The zero-order valence-electron chi connectivity index (χ0n) is 16.3. The van der Waals surface area contributed by atoms with Crippen molar-refractivity contribution in [2.24, 2.45) is 0 Å². The molecule has 0 radical (unpaired) electrons.